The summed E-state index contributed by atoms with van der Waals surface area (Å²) in [4.78, 5) is 23.3. The normalized spacial score (nSPS) is 20.7. The fourth-order valence-corrected chi connectivity index (χ4v) is 1.86. The van der Waals surface area contributed by atoms with E-state index in [1.165, 1.54) is 18.2 Å². The quantitative estimate of drug-likeness (QED) is 0.490. The Morgan fingerprint density at radius 1 is 1.38 bits per heavy atom. The maximum absolute atomic E-state index is 13.3. The minimum absolute atomic E-state index is 0.0848. The summed E-state index contributed by atoms with van der Waals surface area (Å²) in [6.07, 6.45) is -0.722. The number of hydrogen-bond acceptors (Lipinski definition) is 4. The molecule has 0 spiro atoms. The van der Waals surface area contributed by atoms with E-state index in [2.05, 4.69) is 16.2 Å². The zero-order valence-corrected chi connectivity index (χ0v) is 12.0. The molecule has 0 aliphatic carbocycles. The van der Waals surface area contributed by atoms with Gasteiger partial charge in [-0.05, 0) is 18.6 Å². The van der Waals surface area contributed by atoms with Gasteiger partial charge >= 0.3 is 0 Å². The number of hydrazine groups is 1. The second-order valence-corrected chi connectivity index (χ2v) is 4.22. The first-order chi connectivity index (χ1) is 10.1. The van der Waals surface area contributed by atoms with Crippen molar-refractivity contribution in [3.8, 4) is 0 Å². The van der Waals surface area contributed by atoms with Crippen LogP contribution in [-0.2, 0) is 9.59 Å². The summed E-state index contributed by atoms with van der Waals surface area (Å²) in [6.45, 7) is 4.34. The van der Waals surface area contributed by atoms with Gasteiger partial charge < -0.3 is 10.4 Å². The first-order valence-corrected chi connectivity index (χ1v) is 6.86. The van der Waals surface area contributed by atoms with Crippen molar-refractivity contribution in [1.82, 2.24) is 10.7 Å². The smallest absolute Gasteiger partial charge is 0.253 e. The molecule has 4 N–H and O–H groups in total. The molecule has 21 heavy (non-hydrogen) atoms. The Hall–Kier alpha value is -2.15. The standard InChI is InChI=1S/C12H14FN3O3.C2H6/c13-7-3-1-2-4-8(7)15-16-12(19)10-9(17)5-6-14-11(10)18;1-2/h1-4,9-10,15,17H,5-6H2,(H,14,18)(H,16,19);1-2H3. The topological polar surface area (TPSA) is 90.5 Å². The average Bonchev–Trinajstić information content (AvgIpc) is 2.48. The molecule has 2 unspecified atom stereocenters. The number of hydrogen-bond donors (Lipinski definition) is 4. The van der Waals surface area contributed by atoms with E-state index in [1.807, 2.05) is 13.8 Å². The van der Waals surface area contributed by atoms with Crippen molar-refractivity contribution in [2.75, 3.05) is 12.0 Å². The molecule has 0 saturated carbocycles. The molecular weight excluding hydrogens is 277 g/mol. The molecule has 2 amide bonds. The Morgan fingerprint density at radius 3 is 2.67 bits per heavy atom. The Morgan fingerprint density at radius 2 is 2.05 bits per heavy atom. The SMILES string of the molecule is CC.O=C1NCCC(O)C1C(=O)NNc1ccccc1F. The summed E-state index contributed by atoms with van der Waals surface area (Å²) in [5, 5.41) is 12.1. The third kappa shape index (κ3) is 4.42. The molecule has 116 valence electrons. The lowest BCUT2D eigenvalue weighted by molar-refractivity contribution is -0.142. The van der Waals surface area contributed by atoms with Gasteiger partial charge in [-0.3, -0.25) is 20.4 Å². The van der Waals surface area contributed by atoms with Crippen molar-refractivity contribution in [3.63, 3.8) is 0 Å². The Balaban J connectivity index is 0.00000106. The van der Waals surface area contributed by atoms with Crippen LogP contribution in [0.15, 0.2) is 24.3 Å². The molecule has 1 fully saturated rings. The van der Waals surface area contributed by atoms with Crippen molar-refractivity contribution in [2.45, 2.75) is 26.4 Å². The van der Waals surface area contributed by atoms with Crippen LogP contribution in [-0.4, -0.2) is 29.6 Å². The van der Waals surface area contributed by atoms with Crippen LogP contribution in [0.25, 0.3) is 0 Å². The summed E-state index contributed by atoms with van der Waals surface area (Å²) in [7, 11) is 0. The lowest BCUT2D eigenvalue weighted by Crippen LogP contribution is -2.52. The summed E-state index contributed by atoms with van der Waals surface area (Å²) >= 11 is 0. The number of carbonyl (C=O) groups excluding carboxylic acids is 2. The molecule has 2 rings (SSSR count). The van der Waals surface area contributed by atoms with Gasteiger partial charge in [0.05, 0.1) is 11.8 Å². The minimum atomic E-state index is -1.19. The van der Waals surface area contributed by atoms with E-state index in [-0.39, 0.29) is 5.69 Å². The number of aliphatic hydroxyl groups is 1. The molecule has 7 heteroatoms. The van der Waals surface area contributed by atoms with Crippen LogP contribution in [0.3, 0.4) is 0 Å². The third-order valence-electron chi connectivity index (χ3n) is 2.88. The number of anilines is 1. The van der Waals surface area contributed by atoms with Gasteiger partial charge in [-0.1, -0.05) is 26.0 Å². The van der Waals surface area contributed by atoms with Gasteiger partial charge in [0.25, 0.3) is 5.91 Å². The fraction of sp³-hybridized carbons (Fsp3) is 0.429. The summed E-state index contributed by atoms with van der Waals surface area (Å²) < 4.78 is 13.3. The molecule has 0 aromatic heterocycles. The van der Waals surface area contributed by atoms with Crippen molar-refractivity contribution in [3.05, 3.63) is 30.1 Å². The Bertz CT molecular complexity index is 496. The lowest BCUT2D eigenvalue weighted by atomic mass is 9.95. The number of carbonyl (C=O) groups is 2. The van der Waals surface area contributed by atoms with Gasteiger partial charge in [0.2, 0.25) is 5.91 Å². The van der Waals surface area contributed by atoms with Crippen molar-refractivity contribution >= 4 is 17.5 Å². The molecule has 1 saturated heterocycles. The first kappa shape index (κ1) is 16.9. The van der Waals surface area contributed by atoms with E-state index in [9.17, 15) is 19.1 Å². The number of amides is 2. The number of nitrogens with one attached hydrogen (secondary N) is 3. The van der Waals surface area contributed by atoms with E-state index < -0.39 is 29.7 Å². The number of piperidine rings is 1. The van der Waals surface area contributed by atoms with Gasteiger partial charge in [-0.2, -0.15) is 0 Å². The van der Waals surface area contributed by atoms with E-state index in [1.54, 1.807) is 6.07 Å². The second-order valence-electron chi connectivity index (χ2n) is 4.22. The number of halogens is 1. The van der Waals surface area contributed by atoms with Crippen molar-refractivity contribution in [2.24, 2.45) is 5.92 Å². The molecule has 6 nitrogen and oxygen atoms in total. The van der Waals surface area contributed by atoms with Crippen molar-refractivity contribution in [1.29, 1.82) is 0 Å². The molecule has 0 bridgehead atoms. The van der Waals surface area contributed by atoms with Crippen molar-refractivity contribution < 1.29 is 19.1 Å². The highest BCUT2D eigenvalue weighted by Crippen LogP contribution is 2.14. The highest BCUT2D eigenvalue weighted by Gasteiger charge is 2.36. The summed E-state index contributed by atoms with van der Waals surface area (Å²) in [5.41, 5.74) is 4.69. The number of aliphatic hydroxyl groups excluding tert-OH is 1. The average molecular weight is 297 g/mol. The zero-order valence-electron chi connectivity index (χ0n) is 12.0. The van der Waals surface area contributed by atoms with E-state index >= 15 is 0 Å². The predicted octanol–water partition coefficient (Wildman–Crippen LogP) is 0.792. The largest absolute Gasteiger partial charge is 0.392 e. The van der Waals surface area contributed by atoms with Gasteiger partial charge in [0, 0.05) is 6.54 Å². The second kappa shape index (κ2) is 8.21. The van der Waals surface area contributed by atoms with E-state index in [4.69, 9.17) is 0 Å². The predicted molar refractivity (Wildman–Crippen MR) is 76.6 cm³/mol. The highest BCUT2D eigenvalue weighted by molar-refractivity contribution is 6.01. The molecule has 1 heterocycles. The maximum atomic E-state index is 13.3. The van der Waals surface area contributed by atoms with Gasteiger partial charge in [-0.15, -0.1) is 0 Å². The van der Waals surface area contributed by atoms with Crippen LogP contribution in [0.4, 0.5) is 10.1 Å². The maximum Gasteiger partial charge on any atom is 0.253 e. The number of para-hydroxylation sites is 1. The van der Waals surface area contributed by atoms with Crippen LogP contribution >= 0.6 is 0 Å². The fourth-order valence-electron chi connectivity index (χ4n) is 1.86. The van der Waals surface area contributed by atoms with E-state index in [0.29, 0.717) is 13.0 Å². The van der Waals surface area contributed by atoms with Crippen LogP contribution < -0.4 is 16.2 Å². The summed E-state index contributed by atoms with van der Waals surface area (Å²) in [6, 6.07) is 5.78. The molecule has 1 aliphatic heterocycles. The molecule has 0 radical (unpaired) electrons. The molecule has 1 aromatic rings. The number of rotatable bonds is 3. The molecule has 1 aliphatic rings. The monoisotopic (exact) mass is 297 g/mol. The van der Waals surface area contributed by atoms with Gasteiger partial charge in [-0.25, -0.2) is 4.39 Å². The molecule has 1 aromatic carbocycles. The first-order valence-electron chi connectivity index (χ1n) is 6.86. The van der Waals surface area contributed by atoms with Gasteiger partial charge in [0.15, 0.2) is 0 Å². The van der Waals surface area contributed by atoms with E-state index in [0.717, 1.165) is 0 Å². The third-order valence-corrected chi connectivity index (χ3v) is 2.88. The Labute approximate surface area is 122 Å². The highest BCUT2D eigenvalue weighted by atomic mass is 19.1. The zero-order chi connectivity index (χ0) is 15.8. The minimum Gasteiger partial charge on any atom is -0.392 e. The summed E-state index contributed by atoms with van der Waals surface area (Å²) in [5.74, 6) is -2.95. The van der Waals surface area contributed by atoms with Crippen LogP contribution in [0.5, 0.6) is 0 Å². The Kier molecular flexibility index (Phi) is 6.61. The number of benzene rings is 1. The van der Waals surface area contributed by atoms with Crippen LogP contribution in [0.1, 0.15) is 20.3 Å². The lowest BCUT2D eigenvalue weighted by Gasteiger charge is -2.26. The van der Waals surface area contributed by atoms with Crippen LogP contribution in [0, 0.1) is 11.7 Å². The molecular formula is C14H20FN3O3. The van der Waals surface area contributed by atoms with Crippen LogP contribution in [0.2, 0.25) is 0 Å². The molecule has 2 atom stereocenters. The van der Waals surface area contributed by atoms with Gasteiger partial charge in [0.1, 0.15) is 11.7 Å².